The average Bonchev–Trinajstić information content (AvgIpc) is 2.08. The largest absolute Gasteiger partial charge is 0.329 e. The van der Waals surface area contributed by atoms with E-state index in [1.54, 1.807) is 6.07 Å². The minimum absolute atomic E-state index is 0. The van der Waals surface area contributed by atoms with E-state index in [1.807, 2.05) is 0 Å². The maximum absolute atomic E-state index is 12.7. The van der Waals surface area contributed by atoms with Crippen molar-refractivity contribution in [1.29, 1.82) is 0 Å². The molecule has 0 aliphatic heterocycles. The van der Waals surface area contributed by atoms with Crippen LogP contribution in [0.5, 0.6) is 0 Å². The number of benzene rings is 1. The molecule has 1 aromatic rings. The normalized spacial score (nSPS) is 12.0. The van der Waals surface area contributed by atoms with E-state index in [2.05, 4.69) is 0 Å². The number of nitrogens with two attached hydrogens (primary N) is 2. The second-order valence-electron chi connectivity index (χ2n) is 2.52. The van der Waals surface area contributed by atoms with Crippen molar-refractivity contribution < 1.29 is 4.39 Å². The third-order valence-corrected chi connectivity index (χ3v) is 1.92. The quantitative estimate of drug-likeness (QED) is 0.807. The fourth-order valence-electron chi connectivity index (χ4n) is 0.879. The van der Waals surface area contributed by atoms with Crippen molar-refractivity contribution in [1.82, 2.24) is 0 Å². The monoisotopic (exact) mass is 224 g/mol. The molecule has 0 spiro atoms. The van der Waals surface area contributed by atoms with Crippen LogP contribution < -0.4 is 11.5 Å². The van der Waals surface area contributed by atoms with Crippen LogP contribution in [-0.4, -0.2) is 6.54 Å². The van der Waals surface area contributed by atoms with Gasteiger partial charge < -0.3 is 11.5 Å². The molecule has 0 aliphatic carbocycles. The lowest BCUT2D eigenvalue weighted by atomic mass is 10.1. The maximum atomic E-state index is 12.7. The van der Waals surface area contributed by atoms with E-state index in [0.717, 1.165) is 5.56 Å². The highest BCUT2D eigenvalue weighted by Gasteiger charge is 2.06. The smallest absolute Gasteiger partial charge is 0.141 e. The standard InChI is InChI=1S/C8H10ClFN2.ClH/c9-6-3-5(8(12)4-11)1-2-7(6)10;/h1-3,8H,4,11-12H2;1H/t8-;/m0./s1. The maximum Gasteiger partial charge on any atom is 0.141 e. The molecule has 0 amide bonds. The summed E-state index contributed by atoms with van der Waals surface area (Å²) < 4.78 is 12.7. The molecular weight excluding hydrogens is 214 g/mol. The fourth-order valence-corrected chi connectivity index (χ4v) is 1.07. The first-order chi connectivity index (χ1) is 5.65. The van der Waals surface area contributed by atoms with Crippen LogP contribution in [0, 0.1) is 5.82 Å². The molecule has 0 aliphatic rings. The summed E-state index contributed by atoms with van der Waals surface area (Å²) in [4.78, 5) is 0. The van der Waals surface area contributed by atoms with Crippen LogP contribution in [-0.2, 0) is 0 Å². The Morgan fingerprint density at radius 2 is 2.08 bits per heavy atom. The third-order valence-electron chi connectivity index (χ3n) is 1.63. The summed E-state index contributed by atoms with van der Waals surface area (Å²) in [7, 11) is 0. The van der Waals surface area contributed by atoms with Crippen molar-refractivity contribution in [3.63, 3.8) is 0 Å². The molecule has 0 radical (unpaired) electrons. The van der Waals surface area contributed by atoms with E-state index in [9.17, 15) is 4.39 Å². The summed E-state index contributed by atoms with van der Waals surface area (Å²) in [5.41, 5.74) is 11.7. The van der Waals surface area contributed by atoms with Gasteiger partial charge in [0.25, 0.3) is 0 Å². The highest BCUT2D eigenvalue weighted by Crippen LogP contribution is 2.18. The summed E-state index contributed by atoms with van der Waals surface area (Å²) in [5.74, 6) is -0.440. The molecule has 13 heavy (non-hydrogen) atoms. The molecule has 0 saturated heterocycles. The lowest BCUT2D eigenvalue weighted by Crippen LogP contribution is -2.20. The zero-order chi connectivity index (χ0) is 9.14. The molecule has 1 atom stereocenters. The number of halogens is 3. The van der Waals surface area contributed by atoms with Crippen LogP contribution in [0.3, 0.4) is 0 Å². The second-order valence-corrected chi connectivity index (χ2v) is 2.92. The topological polar surface area (TPSA) is 52.0 Å². The van der Waals surface area contributed by atoms with E-state index >= 15 is 0 Å². The predicted octanol–water partition coefficient (Wildman–Crippen LogP) is 1.86. The predicted molar refractivity (Wildman–Crippen MR) is 54.6 cm³/mol. The fraction of sp³-hybridized carbons (Fsp3) is 0.250. The number of hydrogen-bond donors (Lipinski definition) is 2. The molecule has 2 nitrogen and oxygen atoms in total. The number of rotatable bonds is 2. The van der Waals surface area contributed by atoms with Crippen molar-refractivity contribution in [2.75, 3.05) is 6.54 Å². The van der Waals surface area contributed by atoms with Gasteiger partial charge >= 0.3 is 0 Å². The summed E-state index contributed by atoms with van der Waals surface area (Å²) >= 11 is 5.54. The average molecular weight is 225 g/mol. The zero-order valence-corrected chi connectivity index (χ0v) is 8.41. The highest BCUT2D eigenvalue weighted by molar-refractivity contribution is 6.30. The second kappa shape index (κ2) is 5.40. The van der Waals surface area contributed by atoms with Crippen LogP contribution in [0.1, 0.15) is 11.6 Å². The Morgan fingerprint density at radius 3 is 2.54 bits per heavy atom. The van der Waals surface area contributed by atoms with Crippen LogP contribution in [0.2, 0.25) is 5.02 Å². The Balaban J connectivity index is 0.00000144. The zero-order valence-electron chi connectivity index (χ0n) is 6.84. The minimum Gasteiger partial charge on any atom is -0.329 e. The summed E-state index contributed by atoms with van der Waals surface area (Å²) in [6.45, 7) is 0.321. The molecule has 4 N–H and O–H groups in total. The Bertz CT molecular complexity index is 281. The molecule has 0 fully saturated rings. The molecule has 0 unspecified atom stereocenters. The molecule has 0 bridgehead atoms. The molecule has 0 heterocycles. The molecule has 1 rings (SSSR count). The number of hydrogen-bond acceptors (Lipinski definition) is 2. The van der Waals surface area contributed by atoms with Crippen LogP contribution >= 0.6 is 24.0 Å². The molecule has 1 aromatic carbocycles. The van der Waals surface area contributed by atoms with Gasteiger partial charge in [-0.2, -0.15) is 0 Å². The molecular formula is C8H11Cl2FN2. The lowest BCUT2D eigenvalue weighted by Gasteiger charge is -2.08. The Labute approximate surface area is 87.5 Å². The first-order valence-electron chi connectivity index (χ1n) is 3.55. The Kier molecular flexibility index (Phi) is 5.25. The first-order valence-corrected chi connectivity index (χ1v) is 3.93. The van der Waals surface area contributed by atoms with Crippen LogP contribution in [0.15, 0.2) is 18.2 Å². The van der Waals surface area contributed by atoms with Gasteiger partial charge in [-0.3, -0.25) is 0 Å². The van der Waals surface area contributed by atoms with Crippen molar-refractivity contribution in [2.45, 2.75) is 6.04 Å². The first kappa shape index (κ1) is 12.7. The molecule has 5 heteroatoms. The van der Waals surface area contributed by atoms with Gasteiger partial charge in [0.15, 0.2) is 0 Å². The van der Waals surface area contributed by atoms with Crippen LogP contribution in [0.4, 0.5) is 4.39 Å². The van der Waals surface area contributed by atoms with Gasteiger partial charge in [0.05, 0.1) is 5.02 Å². The van der Waals surface area contributed by atoms with Crippen molar-refractivity contribution in [3.05, 3.63) is 34.6 Å². The van der Waals surface area contributed by atoms with Gasteiger partial charge in [0.2, 0.25) is 0 Å². The minimum atomic E-state index is -0.440. The lowest BCUT2D eigenvalue weighted by molar-refractivity contribution is 0.625. The Morgan fingerprint density at radius 1 is 1.46 bits per heavy atom. The van der Waals surface area contributed by atoms with Gasteiger partial charge in [-0.15, -0.1) is 12.4 Å². The molecule has 0 aromatic heterocycles. The van der Waals surface area contributed by atoms with E-state index in [-0.39, 0.29) is 23.5 Å². The van der Waals surface area contributed by atoms with Crippen molar-refractivity contribution >= 4 is 24.0 Å². The van der Waals surface area contributed by atoms with Gasteiger partial charge in [0.1, 0.15) is 5.82 Å². The van der Waals surface area contributed by atoms with Gasteiger partial charge in [-0.25, -0.2) is 4.39 Å². The Hall–Kier alpha value is -0.350. The molecule has 74 valence electrons. The summed E-state index contributed by atoms with van der Waals surface area (Å²) in [6.07, 6.45) is 0. The van der Waals surface area contributed by atoms with Crippen molar-refractivity contribution in [3.8, 4) is 0 Å². The van der Waals surface area contributed by atoms with Gasteiger partial charge in [-0.1, -0.05) is 17.7 Å². The summed E-state index contributed by atoms with van der Waals surface area (Å²) in [5, 5.41) is 0.0800. The van der Waals surface area contributed by atoms with Gasteiger partial charge in [0, 0.05) is 12.6 Å². The SMILES string of the molecule is Cl.NC[C@H](N)c1ccc(F)c(Cl)c1. The van der Waals surface area contributed by atoms with Crippen molar-refractivity contribution in [2.24, 2.45) is 11.5 Å². The van der Waals surface area contributed by atoms with E-state index < -0.39 is 5.82 Å². The van der Waals surface area contributed by atoms with Gasteiger partial charge in [-0.05, 0) is 17.7 Å². The third kappa shape index (κ3) is 3.12. The highest BCUT2D eigenvalue weighted by atomic mass is 35.5. The molecule has 0 saturated carbocycles. The van der Waals surface area contributed by atoms with E-state index in [4.69, 9.17) is 23.1 Å². The van der Waals surface area contributed by atoms with E-state index in [1.165, 1.54) is 12.1 Å². The van der Waals surface area contributed by atoms with Crippen LogP contribution in [0.25, 0.3) is 0 Å². The summed E-state index contributed by atoms with van der Waals surface area (Å²) in [6, 6.07) is 4.09. The van der Waals surface area contributed by atoms with E-state index in [0.29, 0.717) is 6.54 Å².